The van der Waals surface area contributed by atoms with E-state index in [9.17, 15) is 44.6 Å². The van der Waals surface area contributed by atoms with Gasteiger partial charge in [-0.05, 0) is 89.9 Å². The number of phosphoric ester groups is 1. The second-order valence-electron chi connectivity index (χ2n) is 15.2. The van der Waals surface area contributed by atoms with Crippen LogP contribution in [0, 0.1) is 0 Å². The van der Waals surface area contributed by atoms with Crippen molar-refractivity contribution in [2.75, 3.05) is 13.2 Å². The molecule has 6 N–H and O–H groups in total. The van der Waals surface area contributed by atoms with Gasteiger partial charge in [-0.1, -0.05) is 136 Å². The van der Waals surface area contributed by atoms with Crippen molar-refractivity contribution in [3.05, 3.63) is 109 Å². The number of carbonyl (C=O) groups is 2. The summed E-state index contributed by atoms with van der Waals surface area (Å²) >= 11 is 0. The van der Waals surface area contributed by atoms with Crippen LogP contribution in [0.2, 0.25) is 0 Å². The van der Waals surface area contributed by atoms with Gasteiger partial charge < -0.3 is 39.9 Å². The topological polar surface area (TPSA) is 210 Å². The maximum absolute atomic E-state index is 12.8. The van der Waals surface area contributed by atoms with Crippen molar-refractivity contribution in [1.82, 2.24) is 0 Å². The number of hydrogen-bond donors (Lipinski definition) is 6. The van der Waals surface area contributed by atoms with Crippen LogP contribution in [-0.4, -0.2) is 98.3 Å². The number of phosphoric acid groups is 1. The Labute approximate surface area is 376 Å². The van der Waals surface area contributed by atoms with Gasteiger partial charge in [0.15, 0.2) is 6.10 Å². The van der Waals surface area contributed by atoms with E-state index in [2.05, 4.69) is 98.9 Å². The molecule has 0 spiro atoms. The minimum Gasteiger partial charge on any atom is -0.462 e. The number of carbonyl (C=O) groups excluding carboxylic acids is 2. The molecule has 6 unspecified atom stereocenters. The SMILES string of the molecule is CC/C=C/C/C=C/C/C=C/C/C=C/C/C=C/C/C=C/CCC(=O)OC[C@@H](COP(=O)(O)OC1C(O)C(O)C(O)[C@H](O)C1O)OC(=O)CCCC/C=C/C/C=C/C/C=C/CCCCC. The zero-order valence-electron chi connectivity index (χ0n) is 37.6. The molecular formula is C49H77O13P. The summed E-state index contributed by atoms with van der Waals surface area (Å²) in [6.45, 7) is 3.03. The minimum absolute atomic E-state index is 0.0251. The van der Waals surface area contributed by atoms with Crippen LogP contribution in [-0.2, 0) is 32.7 Å². The van der Waals surface area contributed by atoms with Crippen molar-refractivity contribution >= 4 is 19.8 Å². The van der Waals surface area contributed by atoms with Crippen LogP contribution >= 0.6 is 7.82 Å². The molecule has 0 amide bonds. The molecule has 0 radical (unpaired) electrons. The fourth-order valence-electron chi connectivity index (χ4n) is 5.96. The highest BCUT2D eigenvalue weighted by molar-refractivity contribution is 7.47. The lowest BCUT2D eigenvalue weighted by atomic mass is 9.85. The van der Waals surface area contributed by atoms with Crippen LogP contribution < -0.4 is 0 Å². The summed E-state index contributed by atoms with van der Waals surface area (Å²) in [5, 5.41) is 50.1. The lowest BCUT2D eigenvalue weighted by Gasteiger charge is -2.41. The Balaban J connectivity index is 2.56. The molecule has 0 aromatic rings. The van der Waals surface area contributed by atoms with Gasteiger partial charge >= 0.3 is 19.8 Å². The quantitative estimate of drug-likeness (QED) is 0.0152. The van der Waals surface area contributed by atoms with E-state index in [1.54, 1.807) is 0 Å². The van der Waals surface area contributed by atoms with E-state index in [1.165, 1.54) is 19.3 Å². The molecule has 0 aromatic carbocycles. The Morgan fingerprint density at radius 3 is 1.38 bits per heavy atom. The number of rotatable bonds is 35. The monoisotopic (exact) mass is 905 g/mol. The average molecular weight is 905 g/mol. The lowest BCUT2D eigenvalue weighted by molar-refractivity contribution is -0.220. The number of aliphatic hydroxyl groups is 5. The Hall–Kier alpha value is -3.49. The first-order chi connectivity index (χ1) is 30.4. The van der Waals surface area contributed by atoms with E-state index in [1.807, 2.05) is 24.3 Å². The van der Waals surface area contributed by atoms with Gasteiger partial charge in [-0.15, -0.1) is 0 Å². The molecule has 13 nitrogen and oxygen atoms in total. The summed E-state index contributed by atoms with van der Waals surface area (Å²) in [5.41, 5.74) is 0. The third-order valence-electron chi connectivity index (χ3n) is 9.61. The molecule has 0 bridgehead atoms. The second kappa shape index (κ2) is 37.8. The molecule has 356 valence electrons. The number of unbranched alkanes of at least 4 members (excludes halogenated alkanes) is 5. The molecule has 63 heavy (non-hydrogen) atoms. The van der Waals surface area contributed by atoms with Crippen LogP contribution in [0.3, 0.4) is 0 Å². The van der Waals surface area contributed by atoms with E-state index in [0.717, 1.165) is 57.8 Å². The molecular weight excluding hydrogens is 827 g/mol. The Morgan fingerprint density at radius 2 is 0.921 bits per heavy atom. The largest absolute Gasteiger partial charge is 0.472 e. The van der Waals surface area contributed by atoms with Gasteiger partial charge in [0.05, 0.1) is 6.61 Å². The predicted molar refractivity (Wildman–Crippen MR) is 248 cm³/mol. The number of aliphatic hydroxyl groups excluding tert-OH is 5. The van der Waals surface area contributed by atoms with E-state index in [0.29, 0.717) is 25.7 Å². The highest BCUT2D eigenvalue weighted by atomic mass is 31.2. The van der Waals surface area contributed by atoms with Gasteiger partial charge in [-0.25, -0.2) is 4.57 Å². The summed E-state index contributed by atoms with van der Waals surface area (Å²) in [4.78, 5) is 35.6. The van der Waals surface area contributed by atoms with Gasteiger partial charge in [-0.2, -0.15) is 0 Å². The van der Waals surface area contributed by atoms with Crippen LogP contribution in [0.1, 0.15) is 129 Å². The third kappa shape index (κ3) is 30.3. The zero-order valence-corrected chi connectivity index (χ0v) is 38.5. The van der Waals surface area contributed by atoms with Crippen LogP contribution in [0.4, 0.5) is 0 Å². The fraction of sp³-hybridized carbons (Fsp3) is 0.592. The van der Waals surface area contributed by atoms with Gasteiger partial charge in [0.1, 0.15) is 43.2 Å². The van der Waals surface area contributed by atoms with Gasteiger partial charge in [0.2, 0.25) is 0 Å². The van der Waals surface area contributed by atoms with Crippen LogP contribution in [0.5, 0.6) is 0 Å². The van der Waals surface area contributed by atoms with Crippen molar-refractivity contribution in [1.29, 1.82) is 0 Å². The van der Waals surface area contributed by atoms with Crippen molar-refractivity contribution in [2.45, 2.75) is 172 Å². The van der Waals surface area contributed by atoms with Gasteiger partial charge in [0, 0.05) is 12.8 Å². The maximum atomic E-state index is 12.8. The highest BCUT2D eigenvalue weighted by Crippen LogP contribution is 2.47. The Bertz CT molecular complexity index is 1510. The van der Waals surface area contributed by atoms with E-state index < -0.39 is 75.7 Å². The molecule has 1 fully saturated rings. The van der Waals surface area contributed by atoms with Crippen molar-refractivity contribution in [3.63, 3.8) is 0 Å². The molecule has 0 saturated heterocycles. The van der Waals surface area contributed by atoms with E-state index in [-0.39, 0.29) is 12.8 Å². The summed E-state index contributed by atoms with van der Waals surface area (Å²) in [6, 6.07) is 0. The second-order valence-corrected chi connectivity index (χ2v) is 16.6. The van der Waals surface area contributed by atoms with E-state index >= 15 is 0 Å². The van der Waals surface area contributed by atoms with Crippen molar-refractivity contribution in [3.8, 4) is 0 Å². The first-order valence-corrected chi connectivity index (χ1v) is 24.2. The van der Waals surface area contributed by atoms with E-state index in [4.69, 9.17) is 18.5 Å². The smallest absolute Gasteiger partial charge is 0.462 e. The van der Waals surface area contributed by atoms with Crippen LogP contribution in [0.15, 0.2) is 109 Å². The molecule has 0 aromatic heterocycles. The van der Waals surface area contributed by atoms with Crippen molar-refractivity contribution in [2.24, 2.45) is 0 Å². The number of ether oxygens (including phenoxy) is 2. The number of hydrogen-bond acceptors (Lipinski definition) is 12. The standard InChI is InChI=1S/C49H77O13P/c1-3-5-7-9-11-13-15-17-19-20-21-22-24-25-27-29-31-33-35-37-42(50)59-39-41(40-60-63(57,58)62-49-47(55)45(53)44(52)46(54)48(49)56)61-43(51)38-36-34-32-30-28-26-23-18-16-14-12-10-8-6-4-2/h5,7,11-14,17-19,21-23,25,27-28,30-31,33,41,44-49,52-56H,3-4,6,8-10,15-16,20,24,26,29,32,34-40H2,1-2H3,(H,57,58)/b7-5+,13-11+,14-12+,19-17+,22-21+,23-18+,27-25+,30-28+,33-31+/t41-,44?,45-,46?,47?,48?,49?/m0/s1. The summed E-state index contributed by atoms with van der Waals surface area (Å²) in [7, 11) is -5.15. The molecule has 1 aliphatic carbocycles. The van der Waals surface area contributed by atoms with Crippen molar-refractivity contribution < 1.29 is 63.1 Å². The number of allylic oxidation sites excluding steroid dienone is 18. The Morgan fingerprint density at radius 1 is 0.508 bits per heavy atom. The molecule has 14 heteroatoms. The number of esters is 2. The zero-order chi connectivity index (χ0) is 46.4. The third-order valence-corrected chi connectivity index (χ3v) is 10.6. The molecule has 8 atom stereocenters. The average Bonchev–Trinajstić information content (AvgIpc) is 3.26. The predicted octanol–water partition coefficient (Wildman–Crippen LogP) is 8.83. The molecule has 1 rings (SSSR count). The maximum Gasteiger partial charge on any atom is 0.472 e. The highest BCUT2D eigenvalue weighted by Gasteiger charge is 2.51. The Kier molecular flexibility index (Phi) is 34.6. The van der Waals surface area contributed by atoms with Gasteiger partial charge in [-0.3, -0.25) is 18.6 Å². The lowest BCUT2D eigenvalue weighted by Crippen LogP contribution is -2.64. The molecule has 1 aliphatic rings. The molecule has 0 aliphatic heterocycles. The normalized spacial score (nSPS) is 22.7. The first-order valence-electron chi connectivity index (χ1n) is 22.7. The summed E-state index contributed by atoms with van der Waals surface area (Å²) in [5.74, 6) is -1.26. The summed E-state index contributed by atoms with van der Waals surface area (Å²) < 4.78 is 33.4. The fourth-order valence-corrected chi connectivity index (χ4v) is 6.94. The minimum atomic E-state index is -5.15. The first kappa shape index (κ1) is 57.5. The molecule has 0 heterocycles. The summed E-state index contributed by atoms with van der Waals surface area (Å²) in [6.07, 6.45) is 38.7. The van der Waals surface area contributed by atoms with Gasteiger partial charge in [0.25, 0.3) is 0 Å². The van der Waals surface area contributed by atoms with Crippen LogP contribution in [0.25, 0.3) is 0 Å². The molecule has 1 saturated carbocycles.